The fraction of sp³-hybridized carbons (Fsp3) is 0.692. The average Bonchev–Trinajstić information content (AvgIpc) is 2.86. The molecule has 1 unspecified atom stereocenters. The first-order chi connectivity index (χ1) is 9.60. The second-order valence-corrected chi connectivity index (χ2v) is 5.89. The van der Waals surface area contributed by atoms with Crippen molar-refractivity contribution in [3.05, 3.63) is 11.1 Å². The number of methoxy groups -OCH3 is 1. The molecule has 1 aromatic heterocycles. The Morgan fingerprint density at radius 3 is 2.75 bits per heavy atom. The lowest BCUT2D eigenvalue weighted by Crippen LogP contribution is -2.53. The maximum Gasteiger partial charge on any atom is 0.317 e. The molecule has 1 fully saturated rings. The topological polar surface area (TPSA) is 57.7 Å². The number of carbonyl (C=O) groups excluding carboxylic acids is 1. The van der Waals surface area contributed by atoms with Gasteiger partial charge in [0.25, 0.3) is 0 Å². The molecule has 1 aromatic rings. The van der Waals surface area contributed by atoms with Gasteiger partial charge in [-0.25, -0.2) is 9.78 Å². The summed E-state index contributed by atoms with van der Waals surface area (Å²) in [6.07, 6.45) is 0. The molecule has 7 heteroatoms. The Hall–Kier alpha value is -1.34. The van der Waals surface area contributed by atoms with Gasteiger partial charge in [0.2, 0.25) is 0 Å². The van der Waals surface area contributed by atoms with Crippen LogP contribution in [0.1, 0.15) is 12.6 Å². The van der Waals surface area contributed by atoms with Crippen LogP contribution in [0.5, 0.6) is 0 Å². The van der Waals surface area contributed by atoms with Gasteiger partial charge in [0, 0.05) is 38.7 Å². The Kier molecular flexibility index (Phi) is 5.19. The molecule has 6 nitrogen and oxygen atoms in total. The van der Waals surface area contributed by atoms with Gasteiger partial charge >= 0.3 is 6.03 Å². The van der Waals surface area contributed by atoms with Crippen molar-refractivity contribution < 1.29 is 9.53 Å². The van der Waals surface area contributed by atoms with Crippen LogP contribution in [-0.4, -0.2) is 61.9 Å². The van der Waals surface area contributed by atoms with E-state index in [9.17, 15) is 4.79 Å². The number of hydrogen-bond acceptors (Lipinski definition) is 5. The third-order valence-corrected chi connectivity index (χ3v) is 4.25. The van der Waals surface area contributed by atoms with Gasteiger partial charge in [-0.15, -0.1) is 11.3 Å². The van der Waals surface area contributed by atoms with Gasteiger partial charge in [-0.3, -0.25) is 0 Å². The van der Waals surface area contributed by atoms with E-state index in [1.165, 1.54) is 0 Å². The predicted octanol–water partition coefficient (Wildman–Crippen LogP) is 1.32. The molecular weight excluding hydrogens is 276 g/mol. The third-order valence-electron chi connectivity index (χ3n) is 3.23. The highest BCUT2D eigenvalue weighted by atomic mass is 32.1. The van der Waals surface area contributed by atoms with E-state index in [0.29, 0.717) is 6.61 Å². The predicted molar refractivity (Wildman–Crippen MR) is 80.5 cm³/mol. The lowest BCUT2D eigenvalue weighted by molar-refractivity contribution is 0.158. The van der Waals surface area contributed by atoms with E-state index in [1.807, 2.05) is 18.7 Å². The van der Waals surface area contributed by atoms with Crippen LogP contribution in [0.15, 0.2) is 5.38 Å². The van der Waals surface area contributed by atoms with Gasteiger partial charge in [-0.1, -0.05) is 0 Å². The summed E-state index contributed by atoms with van der Waals surface area (Å²) in [5.41, 5.74) is 1.05. The Morgan fingerprint density at radius 2 is 2.20 bits per heavy atom. The number of hydrogen-bond donors (Lipinski definition) is 1. The van der Waals surface area contributed by atoms with E-state index in [4.69, 9.17) is 4.74 Å². The van der Waals surface area contributed by atoms with Crippen LogP contribution in [-0.2, 0) is 4.74 Å². The van der Waals surface area contributed by atoms with E-state index in [-0.39, 0.29) is 12.1 Å². The van der Waals surface area contributed by atoms with E-state index < -0.39 is 0 Å². The summed E-state index contributed by atoms with van der Waals surface area (Å²) in [6, 6.07) is 0.0247. The summed E-state index contributed by atoms with van der Waals surface area (Å²) in [5.74, 6) is 0. The molecule has 2 amide bonds. The minimum Gasteiger partial charge on any atom is -0.383 e. The first-order valence-electron chi connectivity index (χ1n) is 6.81. The van der Waals surface area contributed by atoms with Crippen LogP contribution in [0.2, 0.25) is 0 Å². The standard InChI is InChI=1S/C13H22N4O2S/c1-10(8-19-3)14-12(18)16-4-6-17(7-5-16)13-15-11(2)9-20-13/h9-10H,4-8H2,1-3H3,(H,14,18). The number of aryl methyl sites for hydroxylation is 1. The normalized spacial score (nSPS) is 17.1. The maximum atomic E-state index is 12.1. The zero-order valence-electron chi connectivity index (χ0n) is 12.3. The summed E-state index contributed by atoms with van der Waals surface area (Å²) in [5, 5.41) is 6.05. The number of aromatic nitrogens is 1. The molecule has 1 atom stereocenters. The lowest BCUT2D eigenvalue weighted by Gasteiger charge is -2.35. The molecule has 20 heavy (non-hydrogen) atoms. The number of urea groups is 1. The molecule has 2 heterocycles. The first-order valence-corrected chi connectivity index (χ1v) is 7.69. The fourth-order valence-electron chi connectivity index (χ4n) is 2.18. The minimum atomic E-state index is -0.00970. The zero-order chi connectivity index (χ0) is 14.5. The molecule has 1 aliphatic rings. The molecule has 0 radical (unpaired) electrons. The van der Waals surface area contributed by atoms with Crippen molar-refractivity contribution in [1.29, 1.82) is 0 Å². The van der Waals surface area contributed by atoms with Crippen LogP contribution in [0.25, 0.3) is 0 Å². The first kappa shape index (κ1) is 15.1. The number of carbonyl (C=O) groups is 1. The van der Waals surface area contributed by atoms with E-state index in [0.717, 1.165) is 37.0 Å². The summed E-state index contributed by atoms with van der Waals surface area (Å²) in [7, 11) is 1.64. The maximum absolute atomic E-state index is 12.1. The highest BCUT2D eigenvalue weighted by Crippen LogP contribution is 2.21. The molecule has 112 valence electrons. The van der Waals surface area contributed by atoms with E-state index in [1.54, 1.807) is 18.4 Å². The molecule has 0 aromatic carbocycles. The van der Waals surface area contributed by atoms with Crippen LogP contribution in [0.3, 0.4) is 0 Å². The number of piperazine rings is 1. The largest absolute Gasteiger partial charge is 0.383 e. The van der Waals surface area contributed by atoms with Crippen molar-refractivity contribution in [3.8, 4) is 0 Å². The molecule has 2 rings (SSSR count). The van der Waals surface area contributed by atoms with Gasteiger partial charge in [-0.05, 0) is 13.8 Å². The quantitative estimate of drug-likeness (QED) is 0.911. The van der Waals surface area contributed by atoms with Crippen molar-refractivity contribution >= 4 is 22.5 Å². The summed E-state index contributed by atoms with van der Waals surface area (Å²) in [6.45, 7) is 7.59. The molecule has 1 aliphatic heterocycles. The van der Waals surface area contributed by atoms with Gasteiger partial charge in [-0.2, -0.15) is 0 Å². The Morgan fingerprint density at radius 1 is 1.50 bits per heavy atom. The van der Waals surface area contributed by atoms with Gasteiger partial charge < -0.3 is 19.9 Å². The van der Waals surface area contributed by atoms with Crippen LogP contribution in [0, 0.1) is 6.92 Å². The Labute approximate surface area is 123 Å². The highest BCUT2D eigenvalue weighted by molar-refractivity contribution is 7.13. The average molecular weight is 298 g/mol. The van der Waals surface area contributed by atoms with E-state index in [2.05, 4.69) is 20.6 Å². The molecular formula is C13H22N4O2S. The second kappa shape index (κ2) is 6.90. The monoisotopic (exact) mass is 298 g/mol. The number of ether oxygens (including phenoxy) is 1. The second-order valence-electron chi connectivity index (χ2n) is 5.05. The summed E-state index contributed by atoms with van der Waals surface area (Å²) in [4.78, 5) is 20.6. The van der Waals surface area contributed by atoms with Crippen molar-refractivity contribution in [2.24, 2.45) is 0 Å². The fourth-order valence-corrected chi connectivity index (χ4v) is 3.04. The molecule has 0 aliphatic carbocycles. The van der Waals surface area contributed by atoms with Gasteiger partial charge in [0.15, 0.2) is 5.13 Å². The van der Waals surface area contributed by atoms with Crippen molar-refractivity contribution in [2.75, 3.05) is 44.8 Å². The number of nitrogens with one attached hydrogen (secondary N) is 1. The third kappa shape index (κ3) is 3.83. The van der Waals surface area contributed by atoms with Crippen LogP contribution < -0.4 is 10.2 Å². The molecule has 0 bridgehead atoms. The minimum absolute atomic E-state index is 0.00970. The van der Waals surface area contributed by atoms with Crippen LogP contribution in [0.4, 0.5) is 9.93 Å². The number of rotatable bonds is 4. The smallest absolute Gasteiger partial charge is 0.317 e. The summed E-state index contributed by atoms with van der Waals surface area (Å²) >= 11 is 1.66. The molecule has 1 N–H and O–H groups in total. The number of thiazole rings is 1. The SMILES string of the molecule is COCC(C)NC(=O)N1CCN(c2nc(C)cs2)CC1. The molecule has 1 saturated heterocycles. The van der Waals surface area contributed by atoms with E-state index >= 15 is 0 Å². The number of anilines is 1. The molecule has 0 saturated carbocycles. The summed E-state index contributed by atoms with van der Waals surface area (Å²) < 4.78 is 5.02. The Balaban J connectivity index is 1.80. The van der Waals surface area contributed by atoms with Crippen molar-refractivity contribution in [1.82, 2.24) is 15.2 Å². The van der Waals surface area contributed by atoms with Gasteiger partial charge in [0.05, 0.1) is 18.3 Å². The van der Waals surface area contributed by atoms with Crippen molar-refractivity contribution in [2.45, 2.75) is 19.9 Å². The zero-order valence-corrected chi connectivity index (χ0v) is 13.1. The lowest BCUT2D eigenvalue weighted by atomic mass is 10.3. The van der Waals surface area contributed by atoms with Crippen LogP contribution >= 0.6 is 11.3 Å². The highest BCUT2D eigenvalue weighted by Gasteiger charge is 2.23. The Bertz CT molecular complexity index is 443. The molecule has 0 spiro atoms. The number of amides is 2. The van der Waals surface area contributed by atoms with Gasteiger partial charge in [0.1, 0.15) is 0 Å². The van der Waals surface area contributed by atoms with Crippen molar-refractivity contribution in [3.63, 3.8) is 0 Å². The number of nitrogens with zero attached hydrogens (tertiary/aromatic N) is 3.